The second-order valence-corrected chi connectivity index (χ2v) is 4.69. The first kappa shape index (κ1) is 8.23. The van der Waals surface area contributed by atoms with Gasteiger partial charge in [-0.2, -0.15) is 11.8 Å². The number of rotatable bonds is 2. The zero-order valence-corrected chi connectivity index (χ0v) is 7.94. The molecule has 3 N–H and O–H groups in total. The van der Waals surface area contributed by atoms with Crippen molar-refractivity contribution in [3.05, 3.63) is 0 Å². The summed E-state index contributed by atoms with van der Waals surface area (Å²) in [5.74, 6) is 2.68. The van der Waals surface area contributed by atoms with Gasteiger partial charge in [-0.25, -0.2) is 0 Å². The van der Waals surface area contributed by atoms with Gasteiger partial charge in [-0.05, 0) is 25.0 Å². The number of hydrogen-bond donors (Lipinski definition) is 2. The molecule has 1 aliphatic heterocycles. The Hall–Kier alpha value is -0.380. The summed E-state index contributed by atoms with van der Waals surface area (Å²) < 4.78 is 0. The van der Waals surface area contributed by atoms with Gasteiger partial charge in [0, 0.05) is 17.8 Å². The van der Waals surface area contributed by atoms with Crippen molar-refractivity contribution >= 4 is 17.7 Å². The lowest BCUT2D eigenvalue weighted by molar-refractivity contribution is 0.320. The quantitative estimate of drug-likeness (QED) is 0.495. The van der Waals surface area contributed by atoms with Gasteiger partial charge in [0.15, 0.2) is 5.96 Å². The van der Waals surface area contributed by atoms with Gasteiger partial charge in [-0.3, -0.25) is 5.41 Å². The molecule has 0 spiro atoms. The minimum atomic E-state index is 0.282. The van der Waals surface area contributed by atoms with E-state index in [1.54, 1.807) is 0 Å². The average Bonchev–Trinajstić information content (AvgIpc) is 2.65. The number of nitrogens with one attached hydrogen (secondary N) is 1. The molecule has 1 unspecified atom stereocenters. The van der Waals surface area contributed by atoms with E-state index in [2.05, 4.69) is 4.90 Å². The van der Waals surface area contributed by atoms with Crippen LogP contribution in [0.5, 0.6) is 0 Å². The maximum atomic E-state index is 7.48. The molecule has 2 fully saturated rings. The van der Waals surface area contributed by atoms with Crippen LogP contribution in [0.15, 0.2) is 0 Å². The highest BCUT2D eigenvalue weighted by atomic mass is 32.2. The molecule has 1 saturated carbocycles. The molecule has 1 atom stereocenters. The van der Waals surface area contributed by atoms with E-state index in [1.165, 1.54) is 25.0 Å². The molecular formula is C8H15N3S. The van der Waals surface area contributed by atoms with Crippen LogP contribution in [0.2, 0.25) is 0 Å². The molecule has 0 bridgehead atoms. The van der Waals surface area contributed by atoms with Crippen LogP contribution in [0.25, 0.3) is 0 Å². The van der Waals surface area contributed by atoms with Crippen LogP contribution in [0.1, 0.15) is 19.3 Å². The first-order valence-corrected chi connectivity index (χ1v) is 5.64. The topological polar surface area (TPSA) is 53.1 Å². The standard InChI is InChI=1S/C8H15N3S/c9-8(10)11(6-1-2-6)7-3-4-12-5-7/h6-7H,1-5H2,(H3,9,10). The summed E-state index contributed by atoms with van der Waals surface area (Å²) in [6.07, 6.45) is 3.68. The minimum Gasteiger partial charge on any atom is -0.370 e. The molecule has 0 aromatic rings. The SMILES string of the molecule is N=C(N)N(C1CC1)C1CCSC1. The van der Waals surface area contributed by atoms with Crippen molar-refractivity contribution in [1.29, 1.82) is 5.41 Å². The molecule has 2 aliphatic rings. The number of nitrogens with zero attached hydrogens (tertiary/aromatic N) is 1. The fourth-order valence-electron chi connectivity index (χ4n) is 1.79. The molecule has 0 radical (unpaired) electrons. The number of hydrogen-bond acceptors (Lipinski definition) is 2. The molecule has 68 valence electrons. The Morgan fingerprint density at radius 2 is 2.08 bits per heavy atom. The van der Waals surface area contributed by atoms with Crippen LogP contribution in [-0.4, -0.2) is 34.4 Å². The van der Waals surface area contributed by atoms with Gasteiger partial charge in [0.2, 0.25) is 0 Å². The van der Waals surface area contributed by atoms with Gasteiger partial charge >= 0.3 is 0 Å². The zero-order valence-electron chi connectivity index (χ0n) is 7.12. The summed E-state index contributed by atoms with van der Waals surface area (Å²) in [4.78, 5) is 2.12. The smallest absolute Gasteiger partial charge is 0.188 e. The van der Waals surface area contributed by atoms with Crippen molar-refractivity contribution in [3.8, 4) is 0 Å². The Kier molecular flexibility index (Phi) is 2.17. The summed E-state index contributed by atoms with van der Waals surface area (Å²) in [5.41, 5.74) is 5.56. The van der Waals surface area contributed by atoms with Crippen LogP contribution in [-0.2, 0) is 0 Å². The lowest BCUT2D eigenvalue weighted by atomic mass is 10.2. The zero-order chi connectivity index (χ0) is 8.55. The van der Waals surface area contributed by atoms with Crippen molar-refractivity contribution in [2.75, 3.05) is 11.5 Å². The third-order valence-electron chi connectivity index (χ3n) is 2.52. The third kappa shape index (κ3) is 1.53. The van der Waals surface area contributed by atoms with Crippen molar-refractivity contribution in [1.82, 2.24) is 4.90 Å². The largest absolute Gasteiger partial charge is 0.370 e. The molecule has 0 aromatic carbocycles. The van der Waals surface area contributed by atoms with E-state index in [0.29, 0.717) is 12.1 Å². The molecule has 2 rings (SSSR count). The molecule has 0 amide bonds. The van der Waals surface area contributed by atoms with E-state index >= 15 is 0 Å². The summed E-state index contributed by atoms with van der Waals surface area (Å²) in [6.45, 7) is 0. The summed E-state index contributed by atoms with van der Waals surface area (Å²) in [5, 5.41) is 7.48. The van der Waals surface area contributed by atoms with Crippen LogP contribution >= 0.6 is 11.8 Å². The van der Waals surface area contributed by atoms with Crippen molar-refractivity contribution < 1.29 is 0 Å². The van der Waals surface area contributed by atoms with Crippen LogP contribution in [0.3, 0.4) is 0 Å². The molecule has 12 heavy (non-hydrogen) atoms. The fourth-order valence-corrected chi connectivity index (χ4v) is 2.99. The molecule has 1 heterocycles. The summed E-state index contributed by atoms with van der Waals surface area (Å²) in [7, 11) is 0. The van der Waals surface area contributed by atoms with Gasteiger partial charge in [0.1, 0.15) is 0 Å². The van der Waals surface area contributed by atoms with E-state index in [0.717, 1.165) is 5.75 Å². The highest BCUT2D eigenvalue weighted by Gasteiger charge is 2.36. The summed E-state index contributed by atoms with van der Waals surface area (Å²) in [6, 6.07) is 1.16. The molecule has 0 aromatic heterocycles. The second-order valence-electron chi connectivity index (χ2n) is 3.54. The van der Waals surface area contributed by atoms with Gasteiger partial charge in [-0.15, -0.1) is 0 Å². The normalized spacial score (nSPS) is 28.8. The second kappa shape index (κ2) is 3.17. The fraction of sp³-hybridized carbons (Fsp3) is 0.875. The highest BCUT2D eigenvalue weighted by Crippen LogP contribution is 2.32. The predicted molar refractivity (Wildman–Crippen MR) is 52.5 cm³/mol. The van der Waals surface area contributed by atoms with Crippen molar-refractivity contribution in [2.45, 2.75) is 31.3 Å². The van der Waals surface area contributed by atoms with Crippen molar-refractivity contribution in [3.63, 3.8) is 0 Å². The molecule has 1 saturated heterocycles. The van der Waals surface area contributed by atoms with Crippen LogP contribution in [0.4, 0.5) is 0 Å². The lowest BCUT2D eigenvalue weighted by Crippen LogP contribution is -2.45. The molecule has 1 aliphatic carbocycles. The Morgan fingerprint density at radius 1 is 1.33 bits per heavy atom. The van der Waals surface area contributed by atoms with Gasteiger partial charge in [0.05, 0.1) is 0 Å². The summed E-state index contributed by atoms with van der Waals surface area (Å²) >= 11 is 1.98. The molecule has 3 nitrogen and oxygen atoms in total. The predicted octanol–water partition coefficient (Wildman–Crippen LogP) is 0.850. The first-order chi connectivity index (χ1) is 5.79. The van der Waals surface area contributed by atoms with Gasteiger partial charge < -0.3 is 10.6 Å². The van der Waals surface area contributed by atoms with Crippen LogP contribution < -0.4 is 5.73 Å². The van der Waals surface area contributed by atoms with Gasteiger partial charge in [0.25, 0.3) is 0 Å². The van der Waals surface area contributed by atoms with E-state index < -0.39 is 0 Å². The highest BCUT2D eigenvalue weighted by molar-refractivity contribution is 7.99. The minimum absolute atomic E-state index is 0.282. The Morgan fingerprint density at radius 3 is 2.50 bits per heavy atom. The first-order valence-electron chi connectivity index (χ1n) is 4.49. The maximum Gasteiger partial charge on any atom is 0.188 e. The third-order valence-corrected chi connectivity index (χ3v) is 3.66. The van der Waals surface area contributed by atoms with E-state index in [-0.39, 0.29) is 5.96 Å². The maximum absolute atomic E-state index is 7.48. The Balaban J connectivity index is 1.99. The Bertz CT molecular complexity index is 185. The number of thioether (sulfide) groups is 1. The van der Waals surface area contributed by atoms with E-state index in [4.69, 9.17) is 11.1 Å². The van der Waals surface area contributed by atoms with Crippen molar-refractivity contribution in [2.24, 2.45) is 5.73 Å². The van der Waals surface area contributed by atoms with Crippen LogP contribution in [0, 0.1) is 5.41 Å². The number of guanidine groups is 1. The molecular weight excluding hydrogens is 170 g/mol. The van der Waals surface area contributed by atoms with Gasteiger partial charge in [-0.1, -0.05) is 0 Å². The number of nitrogens with two attached hydrogens (primary N) is 1. The molecule has 4 heteroatoms. The monoisotopic (exact) mass is 185 g/mol. The van der Waals surface area contributed by atoms with E-state index in [1.807, 2.05) is 11.8 Å². The average molecular weight is 185 g/mol. The lowest BCUT2D eigenvalue weighted by Gasteiger charge is -2.28. The Labute approximate surface area is 77.2 Å². The van der Waals surface area contributed by atoms with E-state index in [9.17, 15) is 0 Å².